The van der Waals surface area contributed by atoms with Crippen LogP contribution in [0.25, 0.3) is 0 Å². The summed E-state index contributed by atoms with van der Waals surface area (Å²) in [4.78, 5) is 4.46. The number of halogens is 1. The van der Waals surface area contributed by atoms with Crippen molar-refractivity contribution in [3.63, 3.8) is 0 Å². The van der Waals surface area contributed by atoms with E-state index in [2.05, 4.69) is 52.1 Å². The standard InChI is InChI=1S/C16H19BrN2/c1-2-12-7-8-15(19-11-12)10-14(18)9-13-5-3-4-6-16(13)17/h3-8,11,14H,2,9-10,18H2,1H3. The van der Waals surface area contributed by atoms with Gasteiger partial charge in [0.1, 0.15) is 0 Å². The highest BCUT2D eigenvalue weighted by molar-refractivity contribution is 9.10. The van der Waals surface area contributed by atoms with Crippen LogP contribution < -0.4 is 5.73 Å². The third kappa shape index (κ3) is 4.15. The van der Waals surface area contributed by atoms with Crippen molar-refractivity contribution < 1.29 is 0 Å². The maximum absolute atomic E-state index is 6.22. The molecule has 0 amide bonds. The van der Waals surface area contributed by atoms with Crippen molar-refractivity contribution in [1.82, 2.24) is 4.98 Å². The lowest BCUT2D eigenvalue weighted by molar-refractivity contribution is 0.652. The quantitative estimate of drug-likeness (QED) is 0.916. The van der Waals surface area contributed by atoms with Crippen LogP contribution in [0, 0.1) is 0 Å². The van der Waals surface area contributed by atoms with Gasteiger partial charge in [0.05, 0.1) is 0 Å². The highest BCUT2D eigenvalue weighted by atomic mass is 79.9. The summed E-state index contributed by atoms with van der Waals surface area (Å²) in [5, 5.41) is 0. The lowest BCUT2D eigenvalue weighted by Crippen LogP contribution is -2.26. The van der Waals surface area contributed by atoms with Gasteiger partial charge in [0.2, 0.25) is 0 Å². The Hall–Kier alpha value is -1.19. The molecule has 0 aliphatic heterocycles. The molecule has 2 N–H and O–H groups in total. The molecule has 100 valence electrons. The molecule has 0 saturated carbocycles. The van der Waals surface area contributed by atoms with Gasteiger partial charge >= 0.3 is 0 Å². The Labute approximate surface area is 123 Å². The molecule has 2 nitrogen and oxygen atoms in total. The van der Waals surface area contributed by atoms with E-state index < -0.39 is 0 Å². The number of hydrogen-bond donors (Lipinski definition) is 1. The van der Waals surface area contributed by atoms with Crippen molar-refractivity contribution in [2.45, 2.75) is 32.2 Å². The highest BCUT2D eigenvalue weighted by Gasteiger charge is 2.08. The molecule has 0 radical (unpaired) electrons. The second kappa shape index (κ2) is 6.83. The number of pyridine rings is 1. The summed E-state index contributed by atoms with van der Waals surface area (Å²) in [5.74, 6) is 0. The van der Waals surface area contributed by atoms with Gasteiger partial charge in [0, 0.05) is 28.8 Å². The molecule has 2 rings (SSSR count). The van der Waals surface area contributed by atoms with Crippen molar-refractivity contribution in [2.75, 3.05) is 0 Å². The molecular weight excluding hydrogens is 300 g/mol. The van der Waals surface area contributed by atoms with Crippen molar-refractivity contribution >= 4 is 15.9 Å². The normalized spacial score (nSPS) is 12.4. The molecule has 19 heavy (non-hydrogen) atoms. The maximum atomic E-state index is 6.22. The third-order valence-corrected chi connectivity index (χ3v) is 3.98. The van der Waals surface area contributed by atoms with E-state index in [1.165, 1.54) is 11.1 Å². The average molecular weight is 319 g/mol. The molecule has 1 aromatic heterocycles. The number of hydrogen-bond acceptors (Lipinski definition) is 2. The first kappa shape index (κ1) is 14.2. The Morgan fingerprint density at radius 2 is 1.95 bits per heavy atom. The summed E-state index contributed by atoms with van der Waals surface area (Å²) in [6, 6.07) is 12.5. The van der Waals surface area contributed by atoms with Crippen LogP contribution in [-0.4, -0.2) is 11.0 Å². The van der Waals surface area contributed by atoms with Crippen molar-refractivity contribution in [1.29, 1.82) is 0 Å². The van der Waals surface area contributed by atoms with Gasteiger partial charge in [-0.15, -0.1) is 0 Å². The molecule has 0 saturated heterocycles. The predicted molar refractivity (Wildman–Crippen MR) is 83.1 cm³/mol. The fraction of sp³-hybridized carbons (Fsp3) is 0.312. The third-order valence-electron chi connectivity index (χ3n) is 3.21. The molecule has 0 spiro atoms. The zero-order valence-corrected chi connectivity index (χ0v) is 12.7. The van der Waals surface area contributed by atoms with Gasteiger partial charge in [-0.3, -0.25) is 4.98 Å². The van der Waals surface area contributed by atoms with Gasteiger partial charge in [0.25, 0.3) is 0 Å². The Bertz CT molecular complexity index is 523. The minimum absolute atomic E-state index is 0.0960. The Morgan fingerprint density at radius 3 is 2.58 bits per heavy atom. The SMILES string of the molecule is CCc1ccc(CC(N)Cc2ccccc2Br)nc1. The number of nitrogens with two attached hydrogens (primary N) is 1. The lowest BCUT2D eigenvalue weighted by atomic mass is 10.0. The fourth-order valence-electron chi connectivity index (χ4n) is 2.07. The first-order valence-corrected chi connectivity index (χ1v) is 7.41. The smallest absolute Gasteiger partial charge is 0.0419 e. The molecule has 2 aromatic rings. The van der Waals surface area contributed by atoms with Crippen LogP contribution in [0.5, 0.6) is 0 Å². The number of aromatic nitrogens is 1. The molecule has 0 aliphatic rings. The summed E-state index contributed by atoms with van der Waals surface area (Å²) in [6.45, 7) is 2.13. The lowest BCUT2D eigenvalue weighted by Gasteiger charge is -2.12. The maximum Gasteiger partial charge on any atom is 0.0419 e. The van der Waals surface area contributed by atoms with Gasteiger partial charge in [-0.1, -0.05) is 47.1 Å². The molecule has 1 atom stereocenters. The molecule has 1 heterocycles. The molecule has 0 aliphatic carbocycles. The summed E-state index contributed by atoms with van der Waals surface area (Å²) in [6.07, 6.45) is 4.64. The zero-order chi connectivity index (χ0) is 13.7. The highest BCUT2D eigenvalue weighted by Crippen LogP contribution is 2.18. The monoisotopic (exact) mass is 318 g/mol. The first-order chi connectivity index (χ1) is 9.19. The first-order valence-electron chi connectivity index (χ1n) is 6.62. The van der Waals surface area contributed by atoms with Gasteiger partial charge in [-0.05, 0) is 36.1 Å². The summed E-state index contributed by atoms with van der Waals surface area (Å²) in [7, 11) is 0. The van der Waals surface area contributed by atoms with Gasteiger partial charge in [-0.25, -0.2) is 0 Å². The number of nitrogens with zero attached hydrogens (tertiary/aromatic N) is 1. The summed E-state index contributed by atoms with van der Waals surface area (Å²) in [5.41, 5.74) is 9.80. The van der Waals surface area contributed by atoms with Crippen LogP contribution in [0.2, 0.25) is 0 Å². The molecular formula is C16H19BrN2. The second-order valence-electron chi connectivity index (χ2n) is 4.77. The van der Waals surface area contributed by atoms with E-state index in [1.807, 2.05) is 18.3 Å². The Kier molecular flexibility index (Phi) is 5.11. The van der Waals surface area contributed by atoms with E-state index in [0.717, 1.165) is 29.4 Å². The van der Waals surface area contributed by atoms with Crippen LogP contribution in [0.1, 0.15) is 23.7 Å². The topological polar surface area (TPSA) is 38.9 Å². The van der Waals surface area contributed by atoms with Crippen molar-refractivity contribution in [2.24, 2.45) is 5.73 Å². The van der Waals surface area contributed by atoms with E-state index in [9.17, 15) is 0 Å². The minimum atomic E-state index is 0.0960. The van der Waals surface area contributed by atoms with Crippen LogP contribution >= 0.6 is 15.9 Å². The van der Waals surface area contributed by atoms with Gasteiger partial charge < -0.3 is 5.73 Å². The van der Waals surface area contributed by atoms with Crippen LogP contribution in [0.4, 0.5) is 0 Å². The van der Waals surface area contributed by atoms with Crippen LogP contribution in [0.3, 0.4) is 0 Å². The Balaban J connectivity index is 1.97. The molecule has 1 unspecified atom stereocenters. The van der Waals surface area contributed by atoms with Gasteiger partial charge in [0.15, 0.2) is 0 Å². The van der Waals surface area contributed by atoms with Gasteiger partial charge in [-0.2, -0.15) is 0 Å². The average Bonchev–Trinajstić information content (AvgIpc) is 2.42. The van der Waals surface area contributed by atoms with Crippen LogP contribution in [-0.2, 0) is 19.3 Å². The van der Waals surface area contributed by atoms with Crippen molar-refractivity contribution in [3.05, 3.63) is 63.9 Å². The molecule has 1 aromatic carbocycles. The van der Waals surface area contributed by atoms with E-state index in [4.69, 9.17) is 5.73 Å². The van der Waals surface area contributed by atoms with E-state index >= 15 is 0 Å². The van der Waals surface area contributed by atoms with Crippen molar-refractivity contribution in [3.8, 4) is 0 Å². The Morgan fingerprint density at radius 1 is 1.16 bits per heavy atom. The fourth-order valence-corrected chi connectivity index (χ4v) is 2.52. The molecule has 0 fully saturated rings. The van der Waals surface area contributed by atoms with E-state index in [-0.39, 0.29) is 6.04 Å². The summed E-state index contributed by atoms with van der Waals surface area (Å²) >= 11 is 3.56. The van der Waals surface area contributed by atoms with E-state index in [0.29, 0.717) is 0 Å². The largest absolute Gasteiger partial charge is 0.327 e. The van der Waals surface area contributed by atoms with E-state index in [1.54, 1.807) is 0 Å². The molecule has 3 heteroatoms. The predicted octanol–water partition coefficient (Wildman–Crippen LogP) is 3.52. The number of benzene rings is 1. The zero-order valence-electron chi connectivity index (χ0n) is 11.1. The number of aryl methyl sites for hydroxylation is 1. The minimum Gasteiger partial charge on any atom is -0.327 e. The second-order valence-corrected chi connectivity index (χ2v) is 5.63. The number of rotatable bonds is 5. The summed E-state index contributed by atoms with van der Waals surface area (Å²) < 4.78 is 1.12. The molecule has 0 bridgehead atoms. The van der Waals surface area contributed by atoms with Crippen LogP contribution in [0.15, 0.2) is 47.1 Å².